The fourth-order valence-electron chi connectivity index (χ4n) is 4.63. The van der Waals surface area contributed by atoms with Gasteiger partial charge < -0.3 is 19.7 Å². The number of hydrogen-bond donors (Lipinski definition) is 3. The monoisotopic (exact) mass is 428 g/mol. The van der Waals surface area contributed by atoms with Crippen LogP contribution in [0.1, 0.15) is 65.6 Å². The van der Waals surface area contributed by atoms with Crippen molar-refractivity contribution >= 4 is 11.8 Å². The third kappa shape index (κ3) is 5.91. The van der Waals surface area contributed by atoms with Gasteiger partial charge in [-0.2, -0.15) is 17.0 Å². The predicted octanol–water partition coefficient (Wildman–Crippen LogP) is 2.32. The summed E-state index contributed by atoms with van der Waals surface area (Å²) < 4.78 is 12.4. The number of aliphatic hydroxyl groups is 2. The average Bonchev–Trinajstić information content (AvgIpc) is 3.14. The first-order chi connectivity index (χ1) is 13.7. The molecule has 8 nitrogen and oxygen atoms in total. The summed E-state index contributed by atoms with van der Waals surface area (Å²) in [6.45, 7) is 8.45. The molecule has 0 aromatic carbocycles. The predicted molar refractivity (Wildman–Crippen MR) is 111 cm³/mol. The van der Waals surface area contributed by atoms with Crippen LogP contribution in [0.5, 0.6) is 0 Å². The molecule has 0 amide bonds. The quantitative estimate of drug-likeness (QED) is 0.592. The van der Waals surface area contributed by atoms with E-state index in [1.807, 2.05) is 13.8 Å². The zero-order valence-corrected chi connectivity index (χ0v) is 18.8. The fourth-order valence-corrected chi connectivity index (χ4v) is 5.66. The Balaban J connectivity index is 1.67. The minimum atomic E-state index is -1.03. The van der Waals surface area contributed by atoms with Crippen LogP contribution in [0.4, 0.5) is 0 Å². The lowest BCUT2D eigenvalue weighted by Gasteiger charge is -2.49. The maximum absolute atomic E-state index is 11.0. The van der Waals surface area contributed by atoms with Gasteiger partial charge in [0.15, 0.2) is 12.1 Å². The van der Waals surface area contributed by atoms with Crippen LogP contribution < -0.4 is 0 Å². The van der Waals surface area contributed by atoms with Crippen LogP contribution in [0, 0.1) is 11.3 Å². The molecule has 166 valence electrons. The van der Waals surface area contributed by atoms with Crippen LogP contribution in [-0.2, 0) is 15.9 Å². The van der Waals surface area contributed by atoms with Crippen molar-refractivity contribution in [1.29, 1.82) is 0 Å². The molecular formula is C20H36N4O4S. The number of aromatic amines is 1. The maximum atomic E-state index is 11.0. The Hall–Kier alpha value is -0.740. The third-order valence-electron chi connectivity index (χ3n) is 6.25. The van der Waals surface area contributed by atoms with E-state index in [-0.39, 0.29) is 17.4 Å². The molecule has 3 fully saturated rings. The number of aromatic nitrogens is 4. The standard InChI is InChI=1S/C20H36N4O4S/c1-19(2)9-5-6-10-20(3,4)28-18-17(26)16(25)15(19)13(27-18)12-29-11-7-8-14-21-23-24-22-14/h13,15-18,25-26H,5-12H2,1-4H3,(H,21,22,23,24)/t13?,15?,16-,17?,18?/m0/s1. The molecule has 1 aromatic heterocycles. The van der Waals surface area contributed by atoms with Crippen LogP contribution in [0.3, 0.4) is 0 Å². The molecule has 0 aliphatic carbocycles. The van der Waals surface area contributed by atoms with E-state index >= 15 is 0 Å². The Labute approximate surface area is 177 Å². The van der Waals surface area contributed by atoms with Gasteiger partial charge >= 0.3 is 0 Å². The second kappa shape index (κ2) is 9.60. The number of nitrogens with one attached hydrogen (secondary N) is 1. The molecule has 4 unspecified atom stereocenters. The van der Waals surface area contributed by atoms with Crippen LogP contribution in [-0.4, -0.2) is 72.5 Å². The van der Waals surface area contributed by atoms with Crippen LogP contribution in [0.2, 0.25) is 0 Å². The van der Waals surface area contributed by atoms with Crippen molar-refractivity contribution in [3.8, 4) is 0 Å². The Morgan fingerprint density at radius 2 is 1.90 bits per heavy atom. The van der Waals surface area contributed by atoms with Crippen molar-refractivity contribution in [2.24, 2.45) is 11.3 Å². The van der Waals surface area contributed by atoms with E-state index in [1.165, 1.54) is 0 Å². The van der Waals surface area contributed by atoms with Gasteiger partial charge in [0.05, 0.1) is 17.8 Å². The number of nitrogens with zero attached hydrogens (tertiary/aromatic N) is 3. The molecule has 3 saturated heterocycles. The van der Waals surface area contributed by atoms with Gasteiger partial charge in [-0.1, -0.05) is 31.9 Å². The first kappa shape index (κ1) is 22.9. The summed E-state index contributed by atoms with van der Waals surface area (Å²) in [5, 5.41) is 35.8. The normalized spacial score (nSPS) is 34.6. The summed E-state index contributed by atoms with van der Waals surface area (Å²) in [6, 6.07) is 0. The van der Waals surface area contributed by atoms with Crippen molar-refractivity contribution in [2.75, 3.05) is 11.5 Å². The molecule has 4 heterocycles. The highest BCUT2D eigenvalue weighted by atomic mass is 32.2. The van der Waals surface area contributed by atoms with Gasteiger partial charge in [0.2, 0.25) is 0 Å². The van der Waals surface area contributed by atoms with E-state index < -0.39 is 24.1 Å². The maximum Gasteiger partial charge on any atom is 0.186 e. The smallest absolute Gasteiger partial charge is 0.186 e. The number of ether oxygens (including phenoxy) is 2. The van der Waals surface area contributed by atoms with Gasteiger partial charge in [-0.05, 0) is 44.3 Å². The molecule has 9 heteroatoms. The Morgan fingerprint density at radius 3 is 2.62 bits per heavy atom. The van der Waals surface area contributed by atoms with E-state index in [2.05, 4.69) is 34.5 Å². The number of aryl methyl sites for hydroxylation is 1. The van der Waals surface area contributed by atoms with Gasteiger partial charge in [0.25, 0.3) is 0 Å². The van der Waals surface area contributed by atoms with Crippen molar-refractivity contribution in [1.82, 2.24) is 20.6 Å². The summed E-state index contributed by atoms with van der Waals surface area (Å²) in [6.07, 6.45) is 2.92. The number of H-pyrrole nitrogens is 1. The summed E-state index contributed by atoms with van der Waals surface area (Å²) in [5.41, 5.74) is -0.523. The van der Waals surface area contributed by atoms with Crippen LogP contribution >= 0.6 is 11.8 Å². The van der Waals surface area contributed by atoms with E-state index in [1.54, 1.807) is 11.8 Å². The Kier molecular flexibility index (Phi) is 7.59. The molecule has 0 spiro atoms. The zero-order valence-electron chi connectivity index (χ0n) is 18.0. The molecule has 29 heavy (non-hydrogen) atoms. The molecular weight excluding hydrogens is 392 g/mol. The first-order valence-corrected chi connectivity index (χ1v) is 11.8. The number of thioether (sulfide) groups is 1. The number of hydrogen-bond acceptors (Lipinski definition) is 8. The summed E-state index contributed by atoms with van der Waals surface area (Å²) in [5.74, 6) is 2.29. The highest BCUT2D eigenvalue weighted by Gasteiger charge is 2.51. The number of aliphatic hydroxyl groups excluding tert-OH is 2. The van der Waals surface area contributed by atoms with Crippen molar-refractivity contribution in [2.45, 2.75) is 96.4 Å². The molecule has 1 aromatic rings. The lowest BCUT2D eigenvalue weighted by molar-refractivity contribution is -0.316. The van der Waals surface area contributed by atoms with Crippen molar-refractivity contribution in [3.63, 3.8) is 0 Å². The summed E-state index contributed by atoms with van der Waals surface area (Å²) in [4.78, 5) is 0. The molecule has 5 atom stereocenters. The molecule has 3 aliphatic rings. The minimum Gasteiger partial charge on any atom is -0.390 e. The van der Waals surface area contributed by atoms with Gasteiger partial charge in [0.1, 0.15) is 6.10 Å². The van der Waals surface area contributed by atoms with Gasteiger partial charge in [0, 0.05) is 18.1 Å². The summed E-state index contributed by atoms with van der Waals surface area (Å²) in [7, 11) is 0. The largest absolute Gasteiger partial charge is 0.390 e. The van der Waals surface area contributed by atoms with Crippen molar-refractivity contribution < 1.29 is 19.7 Å². The van der Waals surface area contributed by atoms with Crippen LogP contribution in [0.25, 0.3) is 0 Å². The van der Waals surface area contributed by atoms with Gasteiger partial charge in [-0.25, -0.2) is 0 Å². The number of rotatable bonds is 6. The second-order valence-corrected chi connectivity index (χ2v) is 10.8. The third-order valence-corrected chi connectivity index (χ3v) is 7.40. The molecule has 0 saturated carbocycles. The van der Waals surface area contributed by atoms with Crippen molar-refractivity contribution in [3.05, 3.63) is 5.82 Å². The molecule has 2 bridgehead atoms. The Morgan fingerprint density at radius 1 is 1.14 bits per heavy atom. The van der Waals surface area contributed by atoms with E-state index in [9.17, 15) is 10.2 Å². The highest BCUT2D eigenvalue weighted by molar-refractivity contribution is 7.99. The van der Waals surface area contributed by atoms with Crippen LogP contribution in [0.15, 0.2) is 0 Å². The average molecular weight is 429 g/mol. The first-order valence-electron chi connectivity index (χ1n) is 10.7. The number of tetrazole rings is 1. The molecule has 4 rings (SSSR count). The SMILES string of the molecule is CC1(C)CCCCC(C)(C)C2C(CSCCCc3nn[nH]n3)OC(O1)C(O)[C@H]2O. The fraction of sp³-hybridized carbons (Fsp3) is 0.950. The Bertz CT molecular complexity index is 626. The molecule has 0 radical (unpaired) electrons. The van der Waals surface area contributed by atoms with E-state index in [4.69, 9.17) is 9.47 Å². The summed E-state index contributed by atoms with van der Waals surface area (Å²) >= 11 is 1.80. The molecule has 3 N–H and O–H groups in total. The zero-order chi connectivity index (χ0) is 21.1. The lowest BCUT2D eigenvalue weighted by Crippen LogP contribution is -2.60. The van der Waals surface area contributed by atoms with E-state index in [0.29, 0.717) is 0 Å². The van der Waals surface area contributed by atoms with Gasteiger partial charge in [-0.3, -0.25) is 0 Å². The lowest BCUT2D eigenvalue weighted by atomic mass is 9.68. The minimum absolute atomic E-state index is 0.129. The topological polar surface area (TPSA) is 113 Å². The molecule has 3 aliphatic heterocycles. The highest BCUT2D eigenvalue weighted by Crippen LogP contribution is 2.45. The number of fused-ring (bicyclic) bond motifs is 8. The van der Waals surface area contributed by atoms with Gasteiger partial charge in [-0.15, -0.1) is 10.2 Å². The van der Waals surface area contributed by atoms with E-state index in [0.717, 1.165) is 55.9 Å². The second-order valence-electron chi connectivity index (χ2n) is 9.63.